The summed E-state index contributed by atoms with van der Waals surface area (Å²) in [5, 5.41) is 2.86. The summed E-state index contributed by atoms with van der Waals surface area (Å²) >= 11 is 0. The summed E-state index contributed by atoms with van der Waals surface area (Å²) in [6, 6.07) is 13.6. The van der Waals surface area contributed by atoms with Crippen LogP contribution in [0.1, 0.15) is 38.8 Å². The van der Waals surface area contributed by atoms with Crippen molar-refractivity contribution in [3.05, 3.63) is 59.7 Å². The Morgan fingerprint density at radius 3 is 2.58 bits per heavy atom. The minimum absolute atomic E-state index is 0.0973. The van der Waals surface area contributed by atoms with Crippen molar-refractivity contribution in [2.24, 2.45) is 0 Å². The average molecular weight is 423 g/mol. The summed E-state index contributed by atoms with van der Waals surface area (Å²) in [4.78, 5) is 26.1. The summed E-state index contributed by atoms with van der Waals surface area (Å²) in [6.45, 7) is 9.90. The van der Waals surface area contributed by atoms with E-state index < -0.39 is 0 Å². The highest BCUT2D eigenvalue weighted by atomic mass is 16.5. The molecule has 164 valence electrons. The molecule has 1 aliphatic heterocycles. The Kier molecular flexibility index (Phi) is 7.00. The summed E-state index contributed by atoms with van der Waals surface area (Å²) < 4.78 is 10.8. The predicted octanol–water partition coefficient (Wildman–Crippen LogP) is 4.40. The van der Waals surface area contributed by atoms with Crippen LogP contribution in [0.4, 0.5) is 11.4 Å². The number of anilines is 2. The Bertz CT molecular complexity index is 958. The van der Waals surface area contributed by atoms with Crippen LogP contribution in [-0.4, -0.2) is 38.2 Å². The number of esters is 1. The first-order chi connectivity index (χ1) is 14.8. The van der Waals surface area contributed by atoms with Gasteiger partial charge in [-0.2, -0.15) is 0 Å². The second-order valence-electron chi connectivity index (χ2n) is 8.45. The van der Waals surface area contributed by atoms with Crippen molar-refractivity contribution in [3.63, 3.8) is 0 Å². The third-order valence-corrected chi connectivity index (χ3v) is 5.02. The molecule has 6 nitrogen and oxygen atoms in total. The third-order valence-electron chi connectivity index (χ3n) is 5.02. The largest absolute Gasteiger partial charge is 0.489 e. The van der Waals surface area contributed by atoms with Gasteiger partial charge in [-0.05, 0) is 41.7 Å². The van der Waals surface area contributed by atoms with Crippen LogP contribution in [0, 0.1) is 0 Å². The molecule has 1 N–H and O–H groups in total. The molecule has 0 aliphatic carbocycles. The number of hydrogen-bond acceptors (Lipinski definition) is 5. The highest BCUT2D eigenvalue weighted by Gasteiger charge is 2.21. The van der Waals surface area contributed by atoms with Crippen LogP contribution in [0.25, 0.3) is 6.08 Å². The molecule has 1 heterocycles. The molecule has 2 aromatic carbocycles. The van der Waals surface area contributed by atoms with Gasteiger partial charge in [0.05, 0.1) is 18.8 Å². The van der Waals surface area contributed by atoms with Crippen LogP contribution < -0.4 is 15.0 Å². The van der Waals surface area contributed by atoms with Gasteiger partial charge in [0.15, 0.2) is 0 Å². The monoisotopic (exact) mass is 422 g/mol. The van der Waals surface area contributed by atoms with E-state index in [2.05, 4.69) is 38.2 Å². The first-order valence-corrected chi connectivity index (χ1v) is 10.5. The van der Waals surface area contributed by atoms with E-state index in [-0.39, 0.29) is 23.8 Å². The minimum atomic E-state index is -0.270. The number of hydrogen-bond donors (Lipinski definition) is 1. The minimum Gasteiger partial charge on any atom is -0.489 e. The van der Waals surface area contributed by atoms with Crippen molar-refractivity contribution in [2.75, 3.05) is 36.5 Å². The second-order valence-corrected chi connectivity index (χ2v) is 8.45. The van der Waals surface area contributed by atoms with Gasteiger partial charge < -0.3 is 19.7 Å². The maximum Gasteiger partial charge on any atom is 0.325 e. The molecular weight excluding hydrogens is 392 g/mol. The lowest BCUT2D eigenvalue weighted by molar-refractivity contribution is -0.141. The molecule has 3 rings (SSSR count). The normalized spacial score (nSPS) is 13.5. The highest BCUT2D eigenvalue weighted by Crippen LogP contribution is 2.34. The van der Waals surface area contributed by atoms with Gasteiger partial charge in [0.25, 0.3) is 0 Å². The number of fused-ring (bicyclic) bond motifs is 1. The Balaban J connectivity index is 1.63. The van der Waals surface area contributed by atoms with Gasteiger partial charge in [-0.3, -0.25) is 9.59 Å². The topological polar surface area (TPSA) is 67.9 Å². The average Bonchev–Trinajstić information content (AvgIpc) is 2.72. The number of benzene rings is 2. The van der Waals surface area contributed by atoms with Gasteiger partial charge in [-0.1, -0.05) is 45.0 Å². The number of amides is 1. The second kappa shape index (κ2) is 9.69. The van der Waals surface area contributed by atoms with Gasteiger partial charge in [0.1, 0.15) is 18.9 Å². The van der Waals surface area contributed by atoms with Crippen molar-refractivity contribution in [3.8, 4) is 5.75 Å². The number of rotatable bonds is 6. The molecule has 0 unspecified atom stereocenters. The number of carbonyl (C=O) groups is 2. The van der Waals surface area contributed by atoms with Gasteiger partial charge in [0, 0.05) is 17.8 Å². The standard InChI is InChI=1S/C25H30N2O4/c1-5-30-24(29)17-27-14-15-31-22-16-20(11-12-21(22)27)26-23(28)13-8-18-6-9-19(10-7-18)25(2,3)4/h6-13,16H,5,14-15,17H2,1-4H3,(H,26,28). The molecule has 0 saturated heterocycles. The van der Waals surface area contributed by atoms with Crippen LogP contribution in [-0.2, 0) is 19.7 Å². The lowest BCUT2D eigenvalue weighted by Gasteiger charge is -2.30. The van der Waals surface area contributed by atoms with Gasteiger partial charge in [0.2, 0.25) is 5.91 Å². The number of ether oxygens (including phenoxy) is 2. The van der Waals surface area contributed by atoms with Crippen LogP contribution in [0.2, 0.25) is 0 Å². The molecule has 0 atom stereocenters. The van der Waals surface area contributed by atoms with Crippen LogP contribution in [0.5, 0.6) is 5.75 Å². The Hall–Kier alpha value is -3.28. The van der Waals surface area contributed by atoms with Crippen LogP contribution >= 0.6 is 0 Å². The SMILES string of the molecule is CCOC(=O)CN1CCOc2cc(NC(=O)C=Cc3ccc(C(C)(C)C)cc3)ccc21. The molecule has 0 aromatic heterocycles. The lowest BCUT2D eigenvalue weighted by atomic mass is 9.87. The van der Waals surface area contributed by atoms with Crippen molar-refractivity contribution >= 4 is 29.3 Å². The Morgan fingerprint density at radius 2 is 1.90 bits per heavy atom. The van der Waals surface area contributed by atoms with E-state index in [0.29, 0.717) is 31.2 Å². The molecule has 6 heteroatoms. The summed E-state index contributed by atoms with van der Waals surface area (Å²) in [7, 11) is 0. The molecule has 31 heavy (non-hydrogen) atoms. The first-order valence-electron chi connectivity index (χ1n) is 10.5. The Labute approximate surface area is 183 Å². The van der Waals surface area contributed by atoms with E-state index in [4.69, 9.17) is 9.47 Å². The molecule has 0 saturated carbocycles. The molecule has 2 aromatic rings. The fourth-order valence-corrected chi connectivity index (χ4v) is 3.33. The Morgan fingerprint density at radius 1 is 1.16 bits per heavy atom. The summed E-state index contributed by atoms with van der Waals surface area (Å²) in [5.74, 6) is 0.141. The van der Waals surface area contributed by atoms with E-state index in [0.717, 1.165) is 11.3 Å². The van der Waals surface area contributed by atoms with E-state index >= 15 is 0 Å². The molecular formula is C25H30N2O4. The maximum atomic E-state index is 12.4. The first kappa shape index (κ1) is 22.4. The molecule has 0 spiro atoms. The van der Waals surface area contributed by atoms with E-state index in [1.807, 2.05) is 23.1 Å². The van der Waals surface area contributed by atoms with Gasteiger partial charge in [-0.25, -0.2) is 0 Å². The van der Waals surface area contributed by atoms with Gasteiger partial charge in [-0.15, -0.1) is 0 Å². The van der Waals surface area contributed by atoms with Crippen LogP contribution in [0.3, 0.4) is 0 Å². The lowest BCUT2D eigenvalue weighted by Crippen LogP contribution is -2.37. The molecule has 1 amide bonds. The predicted molar refractivity (Wildman–Crippen MR) is 124 cm³/mol. The van der Waals surface area contributed by atoms with Crippen molar-refractivity contribution < 1.29 is 19.1 Å². The van der Waals surface area contributed by atoms with Gasteiger partial charge >= 0.3 is 5.97 Å². The third kappa shape index (κ3) is 6.10. The van der Waals surface area contributed by atoms with Crippen LogP contribution in [0.15, 0.2) is 48.5 Å². The van der Waals surface area contributed by atoms with E-state index in [1.165, 1.54) is 11.6 Å². The van der Waals surface area contributed by atoms with Crippen molar-refractivity contribution in [2.45, 2.75) is 33.1 Å². The quantitative estimate of drug-likeness (QED) is 0.552. The molecule has 0 radical (unpaired) electrons. The zero-order valence-corrected chi connectivity index (χ0v) is 18.6. The van der Waals surface area contributed by atoms with Crippen molar-refractivity contribution in [1.82, 2.24) is 0 Å². The number of nitrogens with one attached hydrogen (secondary N) is 1. The molecule has 0 fully saturated rings. The highest BCUT2D eigenvalue weighted by molar-refractivity contribution is 6.02. The maximum absolute atomic E-state index is 12.4. The number of nitrogens with zero attached hydrogens (tertiary/aromatic N) is 1. The summed E-state index contributed by atoms with van der Waals surface area (Å²) in [5.41, 5.74) is 3.76. The smallest absolute Gasteiger partial charge is 0.325 e. The van der Waals surface area contributed by atoms with E-state index in [1.54, 1.807) is 25.1 Å². The molecule has 1 aliphatic rings. The fraction of sp³-hybridized carbons (Fsp3) is 0.360. The van der Waals surface area contributed by atoms with Crippen molar-refractivity contribution in [1.29, 1.82) is 0 Å². The number of carbonyl (C=O) groups excluding carboxylic acids is 2. The summed E-state index contributed by atoms with van der Waals surface area (Å²) in [6.07, 6.45) is 3.30. The zero-order valence-electron chi connectivity index (χ0n) is 18.6. The zero-order chi connectivity index (χ0) is 22.4. The molecule has 0 bridgehead atoms. The fourth-order valence-electron chi connectivity index (χ4n) is 3.33. The van der Waals surface area contributed by atoms with E-state index in [9.17, 15) is 9.59 Å².